The summed E-state index contributed by atoms with van der Waals surface area (Å²) >= 11 is 6.48. The molecule has 0 aliphatic carbocycles. The third-order valence-corrected chi connectivity index (χ3v) is 3.70. The van der Waals surface area contributed by atoms with Crippen LogP contribution in [0.4, 0.5) is 0 Å². The van der Waals surface area contributed by atoms with Crippen molar-refractivity contribution in [3.8, 4) is 6.07 Å². The molecule has 0 spiro atoms. The maximum Gasteiger partial charge on any atom is 0.238 e. The Morgan fingerprint density at radius 3 is 2.62 bits per heavy atom. The number of hydrogen-bond acceptors (Lipinski definition) is 4. The van der Waals surface area contributed by atoms with E-state index in [9.17, 15) is 4.79 Å². The van der Waals surface area contributed by atoms with Crippen LogP contribution in [0.2, 0.25) is 0 Å². The summed E-state index contributed by atoms with van der Waals surface area (Å²) in [6.07, 6.45) is 0. The fourth-order valence-corrected chi connectivity index (χ4v) is 2.47. The maximum absolute atomic E-state index is 11.5. The number of hydrogen-bond donors (Lipinski definition) is 0. The summed E-state index contributed by atoms with van der Waals surface area (Å²) in [5.41, 5.74) is 1.60. The Bertz CT molecular complexity index is 460. The second-order valence-corrected chi connectivity index (χ2v) is 4.95. The lowest BCUT2D eigenvalue weighted by Gasteiger charge is -2.14. The molecule has 16 heavy (non-hydrogen) atoms. The SMILES string of the molecule is N#Cc1ccc(CN2C(=O)CSC2=S)cc1. The van der Waals surface area contributed by atoms with E-state index in [4.69, 9.17) is 17.5 Å². The van der Waals surface area contributed by atoms with Crippen molar-refractivity contribution in [2.24, 2.45) is 0 Å². The number of rotatable bonds is 2. The minimum atomic E-state index is 0.0550. The van der Waals surface area contributed by atoms with Gasteiger partial charge in [0.25, 0.3) is 0 Å². The van der Waals surface area contributed by atoms with Crippen LogP contribution in [0.1, 0.15) is 11.1 Å². The van der Waals surface area contributed by atoms with Crippen molar-refractivity contribution in [2.75, 3.05) is 5.75 Å². The highest BCUT2D eigenvalue weighted by molar-refractivity contribution is 8.23. The number of carbonyl (C=O) groups is 1. The van der Waals surface area contributed by atoms with Crippen molar-refractivity contribution >= 4 is 34.2 Å². The standard InChI is InChI=1S/C11H8N2OS2/c12-5-8-1-3-9(4-2-8)6-13-10(14)7-16-11(13)15/h1-4H,6-7H2. The zero-order valence-corrected chi connectivity index (χ0v) is 9.98. The van der Waals surface area contributed by atoms with E-state index in [0.29, 0.717) is 22.2 Å². The quantitative estimate of drug-likeness (QED) is 0.750. The zero-order chi connectivity index (χ0) is 11.5. The summed E-state index contributed by atoms with van der Waals surface area (Å²) in [7, 11) is 0. The molecule has 1 fully saturated rings. The van der Waals surface area contributed by atoms with Crippen LogP contribution in [0.15, 0.2) is 24.3 Å². The fourth-order valence-electron chi connectivity index (χ4n) is 1.40. The average Bonchev–Trinajstić information content (AvgIpc) is 2.62. The van der Waals surface area contributed by atoms with E-state index in [1.807, 2.05) is 12.1 Å². The minimum Gasteiger partial charge on any atom is -0.293 e. The van der Waals surface area contributed by atoms with Crippen molar-refractivity contribution in [2.45, 2.75) is 6.54 Å². The van der Waals surface area contributed by atoms with Crippen LogP contribution in [0.5, 0.6) is 0 Å². The molecule has 1 aromatic carbocycles. The van der Waals surface area contributed by atoms with Crippen LogP contribution in [-0.2, 0) is 11.3 Å². The molecule has 0 atom stereocenters. The molecular formula is C11H8N2OS2. The van der Waals surface area contributed by atoms with Crippen molar-refractivity contribution in [3.05, 3.63) is 35.4 Å². The first kappa shape index (κ1) is 11.1. The molecule has 0 aromatic heterocycles. The van der Waals surface area contributed by atoms with Crippen molar-refractivity contribution in [1.29, 1.82) is 5.26 Å². The van der Waals surface area contributed by atoms with Crippen LogP contribution >= 0.6 is 24.0 Å². The van der Waals surface area contributed by atoms with E-state index in [0.717, 1.165) is 5.56 Å². The molecule has 1 heterocycles. The molecule has 0 saturated carbocycles. The fraction of sp³-hybridized carbons (Fsp3) is 0.182. The molecule has 1 aliphatic heterocycles. The van der Waals surface area contributed by atoms with Gasteiger partial charge in [0.15, 0.2) is 0 Å². The van der Waals surface area contributed by atoms with Gasteiger partial charge in [0.2, 0.25) is 5.91 Å². The van der Waals surface area contributed by atoms with Gasteiger partial charge < -0.3 is 0 Å². The first-order chi connectivity index (χ1) is 7.70. The average molecular weight is 248 g/mol. The smallest absolute Gasteiger partial charge is 0.238 e. The van der Waals surface area contributed by atoms with Gasteiger partial charge in [-0.2, -0.15) is 5.26 Å². The van der Waals surface area contributed by atoms with Crippen LogP contribution in [0, 0.1) is 11.3 Å². The van der Waals surface area contributed by atoms with Crippen molar-refractivity contribution in [1.82, 2.24) is 4.90 Å². The minimum absolute atomic E-state index is 0.0550. The van der Waals surface area contributed by atoms with Crippen molar-refractivity contribution < 1.29 is 4.79 Å². The van der Waals surface area contributed by atoms with E-state index >= 15 is 0 Å². The van der Waals surface area contributed by atoms with E-state index in [1.54, 1.807) is 17.0 Å². The lowest BCUT2D eigenvalue weighted by atomic mass is 10.1. The van der Waals surface area contributed by atoms with E-state index < -0.39 is 0 Å². The Morgan fingerprint density at radius 2 is 2.12 bits per heavy atom. The summed E-state index contributed by atoms with van der Waals surface area (Å²) in [6.45, 7) is 0.496. The maximum atomic E-state index is 11.5. The van der Waals surface area contributed by atoms with Gasteiger partial charge in [-0.15, -0.1) is 0 Å². The van der Waals surface area contributed by atoms with Gasteiger partial charge in [0, 0.05) is 0 Å². The van der Waals surface area contributed by atoms with Crippen LogP contribution in [0.25, 0.3) is 0 Å². The molecular weight excluding hydrogens is 240 g/mol. The lowest BCUT2D eigenvalue weighted by Crippen LogP contribution is -2.27. The summed E-state index contributed by atoms with van der Waals surface area (Å²) in [4.78, 5) is 13.1. The van der Waals surface area contributed by atoms with Crippen molar-refractivity contribution in [3.63, 3.8) is 0 Å². The van der Waals surface area contributed by atoms with E-state index in [1.165, 1.54) is 11.8 Å². The van der Waals surface area contributed by atoms with Gasteiger partial charge in [-0.1, -0.05) is 36.1 Å². The molecule has 0 radical (unpaired) electrons. The Labute approximate surface area is 103 Å². The number of thiocarbonyl (C=S) groups is 1. The van der Waals surface area contributed by atoms with Gasteiger partial charge in [0.05, 0.1) is 23.9 Å². The van der Waals surface area contributed by atoms with Gasteiger partial charge in [-0.25, -0.2) is 0 Å². The molecule has 0 N–H and O–H groups in total. The summed E-state index contributed by atoms with van der Waals surface area (Å²) in [5.74, 6) is 0.495. The topological polar surface area (TPSA) is 44.1 Å². The predicted octanol–water partition coefficient (Wildman–Crippen LogP) is 1.92. The molecule has 0 unspecified atom stereocenters. The van der Waals surface area contributed by atoms with Gasteiger partial charge in [-0.3, -0.25) is 9.69 Å². The van der Waals surface area contributed by atoms with Gasteiger partial charge in [0.1, 0.15) is 4.32 Å². The third kappa shape index (κ3) is 2.23. The number of nitrogens with zero attached hydrogens (tertiary/aromatic N) is 2. The summed E-state index contributed by atoms with van der Waals surface area (Å²) < 4.78 is 0.634. The molecule has 80 valence electrons. The normalized spacial score (nSPS) is 15.3. The monoisotopic (exact) mass is 248 g/mol. The predicted molar refractivity (Wildman–Crippen MR) is 66.8 cm³/mol. The third-order valence-electron chi connectivity index (χ3n) is 2.26. The van der Waals surface area contributed by atoms with Gasteiger partial charge >= 0.3 is 0 Å². The molecule has 0 bridgehead atoms. The second-order valence-electron chi connectivity index (χ2n) is 3.34. The number of benzene rings is 1. The lowest BCUT2D eigenvalue weighted by molar-refractivity contribution is -0.124. The molecule has 1 aliphatic rings. The number of thioether (sulfide) groups is 1. The highest BCUT2D eigenvalue weighted by Gasteiger charge is 2.26. The van der Waals surface area contributed by atoms with Gasteiger partial charge in [-0.05, 0) is 17.7 Å². The number of amides is 1. The molecule has 2 rings (SSSR count). The van der Waals surface area contributed by atoms with Crippen LogP contribution in [-0.4, -0.2) is 20.9 Å². The number of nitriles is 1. The number of carbonyl (C=O) groups excluding carboxylic acids is 1. The second kappa shape index (κ2) is 4.64. The first-order valence-corrected chi connectivity index (χ1v) is 6.06. The summed E-state index contributed by atoms with van der Waals surface area (Å²) in [5, 5.41) is 8.66. The van der Waals surface area contributed by atoms with E-state index in [2.05, 4.69) is 6.07 Å². The van der Waals surface area contributed by atoms with Crippen LogP contribution in [0.3, 0.4) is 0 Å². The largest absolute Gasteiger partial charge is 0.293 e. The Morgan fingerprint density at radius 1 is 1.44 bits per heavy atom. The molecule has 3 nitrogen and oxygen atoms in total. The van der Waals surface area contributed by atoms with Crippen LogP contribution < -0.4 is 0 Å². The molecule has 1 saturated heterocycles. The van der Waals surface area contributed by atoms with E-state index in [-0.39, 0.29) is 5.91 Å². The summed E-state index contributed by atoms with van der Waals surface area (Å²) in [6, 6.07) is 9.23. The Kier molecular flexibility index (Phi) is 3.22. The highest BCUT2D eigenvalue weighted by atomic mass is 32.2. The highest BCUT2D eigenvalue weighted by Crippen LogP contribution is 2.21. The molecule has 1 amide bonds. The molecule has 1 aromatic rings. The zero-order valence-electron chi connectivity index (χ0n) is 8.34. The molecule has 5 heteroatoms. The Hall–Kier alpha value is -1.38. The first-order valence-electron chi connectivity index (χ1n) is 4.67. The Balaban J connectivity index is 2.12.